The van der Waals surface area contributed by atoms with Crippen LogP contribution in [0.3, 0.4) is 0 Å². The van der Waals surface area contributed by atoms with Crippen molar-refractivity contribution in [1.29, 1.82) is 0 Å². The van der Waals surface area contributed by atoms with Gasteiger partial charge in [0.25, 0.3) is 5.91 Å². The summed E-state index contributed by atoms with van der Waals surface area (Å²) in [5.41, 5.74) is 0.122. The summed E-state index contributed by atoms with van der Waals surface area (Å²) in [6.45, 7) is 1.04. The third-order valence-corrected chi connectivity index (χ3v) is 2.97. The van der Waals surface area contributed by atoms with E-state index in [0.29, 0.717) is 24.5 Å². The lowest BCUT2D eigenvalue weighted by Crippen LogP contribution is -2.37. The van der Waals surface area contributed by atoms with Gasteiger partial charge in [0.1, 0.15) is 5.75 Å². The molecule has 0 bridgehead atoms. The molecule has 1 aromatic rings. The molecule has 0 atom stereocenters. The molecule has 0 saturated carbocycles. The zero-order valence-electron chi connectivity index (χ0n) is 9.65. The average Bonchev–Trinajstić information content (AvgIpc) is 2.56. The minimum Gasteiger partial charge on any atom is -0.507 e. The molecule has 2 rings (SSSR count). The summed E-state index contributed by atoms with van der Waals surface area (Å²) in [5.74, 6) is -0.705. The van der Waals surface area contributed by atoms with E-state index in [2.05, 4.69) is 5.32 Å². The Morgan fingerprint density at radius 2 is 2.22 bits per heavy atom. The molecule has 0 unspecified atom stereocenters. The number of hydrogen-bond acceptors (Lipinski definition) is 3. The van der Waals surface area contributed by atoms with Gasteiger partial charge < -0.3 is 15.3 Å². The summed E-state index contributed by atoms with van der Waals surface area (Å²) < 4.78 is 0. The van der Waals surface area contributed by atoms with Gasteiger partial charge in [-0.15, -0.1) is 0 Å². The minimum absolute atomic E-state index is 0.00475. The molecule has 96 valence electrons. The highest BCUT2D eigenvalue weighted by molar-refractivity contribution is 6.31. The second-order valence-corrected chi connectivity index (χ2v) is 4.53. The Morgan fingerprint density at radius 1 is 1.44 bits per heavy atom. The van der Waals surface area contributed by atoms with E-state index in [1.807, 2.05) is 0 Å². The number of carbonyl (C=O) groups excluding carboxylic acids is 2. The standard InChI is InChI=1S/C12H13ClN2O3/c13-8-2-3-10(16)9(6-8)12(18)15-5-1-4-14-11(17)7-15/h2-3,6,16H,1,4-5,7H2,(H,14,17). The quantitative estimate of drug-likeness (QED) is 0.799. The monoisotopic (exact) mass is 268 g/mol. The first-order valence-corrected chi connectivity index (χ1v) is 6.00. The maximum absolute atomic E-state index is 12.2. The van der Waals surface area contributed by atoms with Gasteiger partial charge >= 0.3 is 0 Å². The molecule has 1 heterocycles. The van der Waals surface area contributed by atoms with Gasteiger partial charge in [0.2, 0.25) is 5.91 Å². The Labute approximate surface area is 109 Å². The highest BCUT2D eigenvalue weighted by Crippen LogP contribution is 2.23. The van der Waals surface area contributed by atoms with Crippen LogP contribution in [0.25, 0.3) is 0 Å². The van der Waals surface area contributed by atoms with Crippen LogP contribution in [-0.2, 0) is 4.79 Å². The molecule has 1 aliphatic rings. The lowest BCUT2D eigenvalue weighted by Gasteiger charge is -2.19. The van der Waals surface area contributed by atoms with Crippen LogP contribution in [0.4, 0.5) is 0 Å². The number of nitrogens with one attached hydrogen (secondary N) is 1. The molecule has 1 saturated heterocycles. The number of nitrogens with zero attached hydrogens (tertiary/aromatic N) is 1. The van der Waals surface area contributed by atoms with Gasteiger partial charge in [0.15, 0.2) is 0 Å². The zero-order chi connectivity index (χ0) is 13.1. The average molecular weight is 269 g/mol. The molecule has 1 aromatic carbocycles. The van der Waals surface area contributed by atoms with Gasteiger partial charge in [0.05, 0.1) is 12.1 Å². The van der Waals surface area contributed by atoms with E-state index in [-0.39, 0.29) is 29.7 Å². The third kappa shape index (κ3) is 2.73. The Morgan fingerprint density at radius 3 is 3.00 bits per heavy atom. The Kier molecular flexibility index (Phi) is 3.72. The maximum Gasteiger partial charge on any atom is 0.258 e. The van der Waals surface area contributed by atoms with E-state index in [9.17, 15) is 14.7 Å². The van der Waals surface area contributed by atoms with E-state index in [4.69, 9.17) is 11.6 Å². The van der Waals surface area contributed by atoms with Crippen LogP contribution in [0.15, 0.2) is 18.2 Å². The maximum atomic E-state index is 12.2. The van der Waals surface area contributed by atoms with Crippen LogP contribution in [-0.4, -0.2) is 41.5 Å². The number of hydrogen-bond donors (Lipinski definition) is 2. The van der Waals surface area contributed by atoms with Crippen molar-refractivity contribution in [3.8, 4) is 5.75 Å². The van der Waals surface area contributed by atoms with Gasteiger partial charge in [-0.3, -0.25) is 9.59 Å². The van der Waals surface area contributed by atoms with E-state index in [1.54, 1.807) is 0 Å². The normalized spacial score (nSPS) is 16.1. The first kappa shape index (κ1) is 12.7. The van der Waals surface area contributed by atoms with Gasteiger partial charge in [-0.25, -0.2) is 0 Å². The van der Waals surface area contributed by atoms with Gasteiger partial charge in [-0.1, -0.05) is 11.6 Å². The lowest BCUT2D eigenvalue weighted by molar-refractivity contribution is -0.121. The summed E-state index contributed by atoms with van der Waals surface area (Å²) in [5, 5.41) is 12.7. The van der Waals surface area contributed by atoms with Crippen molar-refractivity contribution < 1.29 is 14.7 Å². The number of rotatable bonds is 1. The van der Waals surface area contributed by atoms with Crippen molar-refractivity contribution in [2.75, 3.05) is 19.6 Å². The predicted octanol–water partition coefficient (Wildman–Crippen LogP) is 1.01. The number of phenolic OH excluding ortho intramolecular Hbond substituents is 1. The summed E-state index contributed by atoms with van der Waals surface area (Å²) in [6.07, 6.45) is 0.693. The van der Waals surface area contributed by atoms with Crippen molar-refractivity contribution in [3.05, 3.63) is 28.8 Å². The molecule has 0 aliphatic carbocycles. The van der Waals surface area contributed by atoms with Crippen molar-refractivity contribution in [2.24, 2.45) is 0 Å². The SMILES string of the molecule is O=C1CN(C(=O)c2cc(Cl)ccc2O)CCCN1. The number of halogens is 1. The summed E-state index contributed by atoms with van der Waals surface area (Å²) in [7, 11) is 0. The molecular formula is C12H13ClN2O3. The first-order valence-electron chi connectivity index (χ1n) is 5.62. The van der Waals surface area contributed by atoms with E-state index >= 15 is 0 Å². The molecule has 0 spiro atoms. The van der Waals surface area contributed by atoms with Gasteiger partial charge in [0, 0.05) is 18.1 Å². The molecule has 0 radical (unpaired) electrons. The van der Waals surface area contributed by atoms with Gasteiger partial charge in [-0.2, -0.15) is 0 Å². The number of benzene rings is 1. The van der Waals surface area contributed by atoms with Crippen LogP contribution in [0.1, 0.15) is 16.8 Å². The van der Waals surface area contributed by atoms with Crippen molar-refractivity contribution in [3.63, 3.8) is 0 Å². The molecular weight excluding hydrogens is 256 g/mol. The highest BCUT2D eigenvalue weighted by atomic mass is 35.5. The Hall–Kier alpha value is -1.75. The van der Waals surface area contributed by atoms with E-state index in [1.165, 1.54) is 23.1 Å². The molecule has 1 aliphatic heterocycles. The highest BCUT2D eigenvalue weighted by Gasteiger charge is 2.23. The largest absolute Gasteiger partial charge is 0.507 e. The molecule has 0 aromatic heterocycles. The molecule has 18 heavy (non-hydrogen) atoms. The number of carbonyl (C=O) groups is 2. The number of aromatic hydroxyl groups is 1. The van der Waals surface area contributed by atoms with Crippen LogP contribution >= 0.6 is 11.6 Å². The van der Waals surface area contributed by atoms with Crippen LogP contribution < -0.4 is 5.32 Å². The van der Waals surface area contributed by atoms with E-state index < -0.39 is 0 Å². The fourth-order valence-corrected chi connectivity index (χ4v) is 2.00. The summed E-state index contributed by atoms with van der Waals surface area (Å²) in [4.78, 5) is 25.0. The second kappa shape index (κ2) is 5.27. The zero-order valence-corrected chi connectivity index (χ0v) is 10.4. The molecule has 1 fully saturated rings. The number of phenols is 1. The molecule has 6 heteroatoms. The van der Waals surface area contributed by atoms with Crippen molar-refractivity contribution in [2.45, 2.75) is 6.42 Å². The van der Waals surface area contributed by atoms with Crippen LogP contribution in [0.2, 0.25) is 5.02 Å². The minimum atomic E-state index is -0.382. The Bertz CT molecular complexity index is 490. The number of amides is 2. The van der Waals surface area contributed by atoms with Crippen molar-refractivity contribution in [1.82, 2.24) is 10.2 Å². The third-order valence-electron chi connectivity index (χ3n) is 2.74. The molecule has 5 nitrogen and oxygen atoms in total. The van der Waals surface area contributed by atoms with Gasteiger partial charge in [-0.05, 0) is 24.6 Å². The fraction of sp³-hybridized carbons (Fsp3) is 0.333. The Balaban J connectivity index is 2.24. The topological polar surface area (TPSA) is 69.6 Å². The molecule has 2 amide bonds. The fourth-order valence-electron chi connectivity index (χ4n) is 1.83. The summed E-state index contributed by atoms with van der Waals surface area (Å²) in [6, 6.07) is 4.28. The van der Waals surface area contributed by atoms with Crippen molar-refractivity contribution >= 4 is 23.4 Å². The van der Waals surface area contributed by atoms with E-state index in [0.717, 1.165) is 0 Å². The lowest BCUT2D eigenvalue weighted by atomic mass is 10.1. The summed E-state index contributed by atoms with van der Waals surface area (Å²) >= 11 is 5.80. The van der Waals surface area contributed by atoms with Crippen LogP contribution in [0, 0.1) is 0 Å². The van der Waals surface area contributed by atoms with Crippen LogP contribution in [0.5, 0.6) is 5.75 Å². The molecule has 2 N–H and O–H groups in total. The predicted molar refractivity (Wildman–Crippen MR) is 66.6 cm³/mol. The first-order chi connectivity index (χ1) is 8.58. The smallest absolute Gasteiger partial charge is 0.258 e. The second-order valence-electron chi connectivity index (χ2n) is 4.09.